The van der Waals surface area contributed by atoms with Crippen molar-refractivity contribution in [3.8, 4) is 0 Å². The summed E-state index contributed by atoms with van der Waals surface area (Å²) >= 11 is 1.12. The summed E-state index contributed by atoms with van der Waals surface area (Å²) in [5.74, 6) is -3.27. The number of esters is 1. The number of nitrogens with zero attached hydrogens (tertiary/aromatic N) is 1. The SMILES string of the molecule is CCOC(=O)N[C@]1(NC(=O)Cc2ccccc2)C(=O)N2C(C(=O)O)=C(COC(C)=O)CS[C@@H]21. The van der Waals surface area contributed by atoms with Crippen LogP contribution in [0.25, 0.3) is 0 Å². The third-order valence-electron chi connectivity index (χ3n) is 4.92. The third kappa shape index (κ3) is 4.95. The molecule has 0 aromatic heterocycles. The summed E-state index contributed by atoms with van der Waals surface area (Å²) in [6.07, 6.45) is -0.991. The quantitative estimate of drug-likeness (QED) is 0.278. The van der Waals surface area contributed by atoms with Crippen molar-refractivity contribution in [2.75, 3.05) is 19.0 Å². The van der Waals surface area contributed by atoms with E-state index in [9.17, 15) is 29.1 Å². The van der Waals surface area contributed by atoms with E-state index >= 15 is 0 Å². The van der Waals surface area contributed by atoms with Gasteiger partial charge in [0, 0.05) is 18.2 Å². The van der Waals surface area contributed by atoms with E-state index in [-0.39, 0.29) is 36.7 Å². The molecule has 1 saturated heterocycles. The van der Waals surface area contributed by atoms with E-state index in [1.807, 2.05) is 0 Å². The summed E-state index contributed by atoms with van der Waals surface area (Å²) in [4.78, 5) is 62.3. The average Bonchev–Trinajstić information content (AvgIpc) is 2.76. The van der Waals surface area contributed by atoms with Crippen LogP contribution >= 0.6 is 11.8 Å². The van der Waals surface area contributed by atoms with Gasteiger partial charge in [-0.15, -0.1) is 11.8 Å². The summed E-state index contributed by atoms with van der Waals surface area (Å²) < 4.78 is 9.81. The Hall–Kier alpha value is -3.54. The Labute approximate surface area is 193 Å². The number of hydrogen-bond donors (Lipinski definition) is 3. The lowest BCUT2D eigenvalue weighted by Gasteiger charge is -2.56. The van der Waals surface area contributed by atoms with E-state index in [4.69, 9.17) is 9.47 Å². The fraction of sp³-hybridized carbons (Fsp3) is 0.381. The van der Waals surface area contributed by atoms with E-state index < -0.39 is 40.9 Å². The second-order valence-electron chi connectivity index (χ2n) is 7.24. The molecule has 2 atom stereocenters. The molecule has 0 radical (unpaired) electrons. The van der Waals surface area contributed by atoms with E-state index in [1.165, 1.54) is 6.92 Å². The van der Waals surface area contributed by atoms with E-state index in [0.29, 0.717) is 5.56 Å². The van der Waals surface area contributed by atoms with Crippen LogP contribution < -0.4 is 10.6 Å². The number of carboxylic acids is 1. The molecule has 1 fully saturated rings. The van der Waals surface area contributed by atoms with Gasteiger partial charge in [-0.3, -0.25) is 24.6 Å². The number of amides is 3. The number of carbonyl (C=O) groups is 5. The van der Waals surface area contributed by atoms with Gasteiger partial charge in [0.25, 0.3) is 5.91 Å². The number of carboxylic acid groups (broad SMARTS) is 1. The van der Waals surface area contributed by atoms with Gasteiger partial charge in [0.2, 0.25) is 11.6 Å². The van der Waals surface area contributed by atoms with E-state index in [2.05, 4.69) is 10.6 Å². The largest absolute Gasteiger partial charge is 0.477 e. The highest BCUT2D eigenvalue weighted by Crippen LogP contribution is 2.45. The molecule has 3 amide bonds. The van der Waals surface area contributed by atoms with Gasteiger partial charge in [-0.05, 0) is 12.5 Å². The van der Waals surface area contributed by atoms with Crippen molar-refractivity contribution >= 4 is 41.6 Å². The first kappa shape index (κ1) is 24.1. The van der Waals surface area contributed by atoms with Gasteiger partial charge in [-0.25, -0.2) is 9.59 Å². The highest BCUT2D eigenvalue weighted by atomic mass is 32.2. The lowest BCUT2D eigenvalue weighted by atomic mass is 9.94. The summed E-state index contributed by atoms with van der Waals surface area (Å²) in [5, 5.41) is 13.8. The number of carbonyl (C=O) groups excluding carboxylic acids is 4. The highest BCUT2D eigenvalue weighted by Gasteiger charge is 2.67. The molecule has 1 aromatic carbocycles. The zero-order valence-electron chi connectivity index (χ0n) is 18.0. The zero-order valence-corrected chi connectivity index (χ0v) is 18.8. The molecule has 11 nitrogen and oxygen atoms in total. The van der Waals surface area contributed by atoms with Gasteiger partial charge < -0.3 is 19.9 Å². The average molecular weight is 477 g/mol. The number of aliphatic carboxylic acids is 1. The van der Waals surface area contributed by atoms with E-state index in [0.717, 1.165) is 16.7 Å². The lowest BCUT2D eigenvalue weighted by molar-refractivity contribution is -0.161. The minimum atomic E-state index is -1.89. The zero-order chi connectivity index (χ0) is 24.2. The Morgan fingerprint density at radius 1 is 1.18 bits per heavy atom. The van der Waals surface area contributed by atoms with Crippen LogP contribution in [-0.4, -0.2) is 69.9 Å². The third-order valence-corrected chi connectivity index (χ3v) is 6.32. The summed E-state index contributed by atoms with van der Waals surface area (Å²) in [7, 11) is 0. The van der Waals surface area contributed by atoms with Crippen LogP contribution in [0.1, 0.15) is 19.4 Å². The van der Waals surface area contributed by atoms with Crippen LogP contribution in [0.5, 0.6) is 0 Å². The Bertz CT molecular complexity index is 1010. The van der Waals surface area contributed by atoms with Crippen molar-refractivity contribution < 1.29 is 38.6 Å². The predicted molar refractivity (Wildman–Crippen MR) is 116 cm³/mol. The fourth-order valence-corrected chi connectivity index (χ4v) is 4.95. The summed E-state index contributed by atoms with van der Waals surface area (Å²) in [6.45, 7) is 2.50. The lowest BCUT2D eigenvalue weighted by Crippen LogP contribution is -2.86. The molecule has 0 spiro atoms. The van der Waals surface area contributed by atoms with Crippen molar-refractivity contribution in [1.82, 2.24) is 15.5 Å². The molecule has 0 bridgehead atoms. The number of nitrogens with one attached hydrogen (secondary N) is 2. The van der Waals surface area contributed by atoms with Gasteiger partial charge in [0.05, 0.1) is 13.0 Å². The molecule has 2 aliphatic heterocycles. The molecule has 2 aliphatic rings. The minimum absolute atomic E-state index is 0.0302. The smallest absolute Gasteiger partial charge is 0.409 e. The number of β-lactam (4-membered cyclic amide) rings is 1. The number of ether oxygens (including phenoxy) is 2. The van der Waals surface area contributed by atoms with Crippen molar-refractivity contribution in [3.05, 3.63) is 47.2 Å². The summed E-state index contributed by atoms with van der Waals surface area (Å²) in [5.41, 5.74) is -1.32. The maximum atomic E-state index is 13.3. The number of alkyl carbamates (subject to hydrolysis) is 1. The van der Waals surface area contributed by atoms with Crippen LogP contribution in [-0.2, 0) is 35.1 Å². The number of hydrogen-bond acceptors (Lipinski definition) is 8. The molecule has 2 heterocycles. The molecule has 1 aromatic rings. The predicted octanol–water partition coefficient (Wildman–Crippen LogP) is 0.605. The first-order chi connectivity index (χ1) is 15.7. The Balaban J connectivity index is 1.89. The van der Waals surface area contributed by atoms with Crippen LogP contribution in [0.3, 0.4) is 0 Å². The van der Waals surface area contributed by atoms with Gasteiger partial charge in [0.15, 0.2) is 0 Å². The van der Waals surface area contributed by atoms with Crippen LogP contribution in [0.4, 0.5) is 4.79 Å². The van der Waals surface area contributed by atoms with E-state index in [1.54, 1.807) is 37.3 Å². The Kier molecular flexibility index (Phi) is 7.26. The minimum Gasteiger partial charge on any atom is -0.477 e. The fourth-order valence-electron chi connectivity index (χ4n) is 3.55. The standard InChI is InChI=1S/C21H23N3O8S/c1-3-31-20(30)23-21(22-15(26)9-13-7-5-4-6-8-13)18(29)24-16(17(27)28)14(10-32-12(2)25)11-33-19(21)24/h4-8,19H,3,9-11H2,1-2H3,(H,22,26)(H,23,30)(H,27,28)/t19-,21-/m1/s1. The Morgan fingerprint density at radius 2 is 1.88 bits per heavy atom. The molecule has 3 rings (SSSR count). The first-order valence-corrected chi connectivity index (χ1v) is 11.1. The van der Waals surface area contributed by atoms with Crippen LogP contribution in [0.2, 0.25) is 0 Å². The topological polar surface area (TPSA) is 151 Å². The second kappa shape index (κ2) is 9.94. The van der Waals surface area contributed by atoms with Crippen molar-refractivity contribution in [3.63, 3.8) is 0 Å². The molecule has 176 valence electrons. The van der Waals surface area contributed by atoms with Gasteiger partial charge in [-0.2, -0.15) is 0 Å². The first-order valence-electron chi connectivity index (χ1n) is 10.0. The maximum Gasteiger partial charge on any atom is 0.409 e. The number of fused-ring (bicyclic) bond motifs is 1. The molecule has 3 N–H and O–H groups in total. The van der Waals surface area contributed by atoms with Crippen LogP contribution in [0.15, 0.2) is 41.6 Å². The number of thioether (sulfide) groups is 1. The number of benzene rings is 1. The molecule has 12 heteroatoms. The normalized spacial score (nSPS) is 21.5. The van der Waals surface area contributed by atoms with Gasteiger partial charge in [-0.1, -0.05) is 30.3 Å². The maximum absolute atomic E-state index is 13.3. The number of rotatable bonds is 8. The van der Waals surface area contributed by atoms with Crippen LogP contribution in [0, 0.1) is 0 Å². The molecular formula is C21H23N3O8S. The molecular weight excluding hydrogens is 454 g/mol. The van der Waals surface area contributed by atoms with Gasteiger partial charge >= 0.3 is 18.0 Å². The molecule has 0 aliphatic carbocycles. The summed E-state index contributed by atoms with van der Waals surface area (Å²) in [6, 6.07) is 8.79. The second-order valence-corrected chi connectivity index (χ2v) is 8.31. The molecule has 0 unspecified atom stereocenters. The molecule has 33 heavy (non-hydrogen) atoms. The van der Waals surface area contributed by atoms with Gasteiger partial charge in [0.1, 0.15) is 17.7 Å². The monoisotopic (exact) mass is 477 g/mol. The van der Waals surface area contributed by atoms with Crippen molar-refractivity contribution in [2.24, 2.45) is 0 Å². The highest BCUT2D eigenvalue weighted by molar-refractivity contribution is 8.00. The Morgan fingerprint density at radius 3 is 2.48 bits per heavy atom. The molecule has 0 saturated carbocycles. The van der Waals surface area contributed by atoms with Crippen molar-refractivity contribution in [2.45, 2.75) is 31.3 Å². The van der Waals surface area contributed by atoms with Crippen molar-refractivity contribution in [1.29, 1.82) is 0 Å².